The molecule has 5 heteroatoms. The van der Waals surface area contributed by atoms with Crippen molar-refractivity contribution in [2.75, 3.05) is 0 Å². The van der Waals surface area contributed by atoms with Gasteiger partial charge in [0.25, 0.3) is 0 Å². The van der Waals surface area contributed by atoms with E-state index in [0.29, 0.717) is 27.8 Å². The van der Waals surface area contributed by atoms with Crippen LogP contribution in [0.5, 0.6) is 0 Å². The highest BCUT2D eigenvalue weighted by atomic mass is 31.2. The van der Waals surface area contributed by atoms with Crippen LogP contribution in [0.4, 0.5) is 0 Å². The molecule has 0 heterocycles. The summed E-state index contributed by atoms with van der Waals surface area (Å²) in [4.78, 5) is 0. The predicted molar refractivity (Wildman–Crippen MR) is 271 cm³/mol. The van der Waals surface area contributed by atoms with Gasteiger partial charge in [-0.15, -0.1) is 6.58 Å². The van der Waals surface area contributed by atoms with E-state index >= 15 is 9.13 Å². The highest BCUT2D eigenvalue weighted by molar-refractivity contribution is 7.82. The maximum absolute atomic E-state index is 17.0. The monoisotopic (exact) mass is 842 g/mol. The predicted octanol–water partition coefficient (Wildman–Crippen LogP) is 13.2. The lowest BCUT2D eigenvalue weighted by molar-refractivity contribution is 0.586. The van der Waals surface area contributed by atoms with Gasteiger partial charge in [-0.05, 0) is 113 Å². The Bertz CT molecular complexity index is 2650. The van der Waals surface area contributed by atoms with Crippen LogP contribution in [0.25, 0.3) is 30.4 Å². The summed E-state index contributed by atoms with van der Waals surface area (Å²) in [6.45, 7) is 20.9. The van der Waals surface area contributed by atoms with Crippen molar-refractivity contribution in [2.45, 2.75) is 59.5 Å². The van der Waals surface area contributed by atoms with E-state index in [-0.39, 0.29) is 6.16 Å². The molecular formula is C55H57O2P3. The van der Waals surface area contributed by atoms with E-state index in [2.05, 4.69) is 131 Å². The molecule has 0 fully saturated rings. The zero-order valence-corrected chi connectivity index (χ0v) is 38.3. The van der Waals surface area contributed by atoms with Crippen molar-refractivity contribution in [3.8, 4) is 0 Å². The maximum Gasteiger partial charge on any atom is 0.167 e. The molecule has 0 saturated heterocycles. The second-order valence-electron chi connectivity index (χ2n) is 15.0. The molecular weight excluding hydrogens is 786 g/mol. The summed E-state index contributed by atoms with van der Waals surface area (Å²) in [5, 5.41) is 6.48. The fourth-order valence-corrected chi connectivity index (χ4v) is 16.0. The van der Waals surface area contributed by atoms with Crippen LogP contribution >= 0.6 is 22.9 Å². The quantitative estimate of drug-likeness (QED) is 0.0690. The molecule has 3 unspecified atom stereocenters. The largest absolute Gasteiger partial charge is 0.313 e. The van der Waals surface area contributed by atoms with Crippen molar-refractivity contribution in [1.82, 2.24) is 0 Å². The smallest absolute Gasteiger partial charge is 0.167 e. The van der Waals surface area contributed by atoms with Gasteiger partial charge in [-0.25, -0.2) is 0 Å². The van der Waals surface area contributed by atoms with Gasteiger partial charge < -0.3 is 9.13 Å². The summed E-state index contributed by atoms with van der Waals surface area (Å²) in [7, 11) is -6.44. The van der Waals surface area contributed by atoms with Crippen molar-refractivity contribution in [1.29, 1.82) is 0 Å². The zero-order chi connectivity index (χ0) is 42.7. The molecule has 0 aliphatic heterocycles. The van der Waals surface area contributed by atoms with Crippen LogP contribution in [0.15, 0.2) is 165 Å². The normalized spacial score (nSPS) is 14.9. The van der Waals surface area contributed by atoms with Crippen molar-refractivity contribution < 1.29 is 9.13 Å². The Balaban J connectivity index is 1.65. The number of rotatable bonds is 17. The highest BCUT2D eigenvalue weighted by Gasteiger charge is 2.37. The SMILES string of the molecule is C=CCC/C(=C\C)P(=O)(c1ccccc1)c1ccc(CP(=O)(c2ccc(Pc3cccc(C)c3)c(/C=C\CC)c2C=C)c2cccc3c2CC=CC=C3)c(/C=C\C)c1C=C. The van der Waals surface area contributed by atoms with E-state index in [9.17, 15) is 0 Å². The van der Waals surface area contributed by atoms with Crippen LogP contribution in [0.1, 0.15) is 84.5 Å². The van der Waals surface area contributed by atoms with Crippen LogP contribution in [0, 0.1) is 6.92 Å². The average molecular weight is 843 g/mol. The Labute approximate surface area is 361 Å². The van der Waals surface area contributed by atoms with Gasteiger partial charge in [0, 0.05) is 27.4 Å². The summed E-state index contributed by atoms with van der Waals surface area (Å²) in [5.41, 5.74) is 7.91. The third kappa shape index (κ3) is 9.14. The summed E-state index contributed by atoms with van der Waals surface area (Å²) < 4.78 is 32.9. The molecule has 3 atom stereocenters. The molecule has 304 valence electrons. The zero-order valence-electron chi connectivity index (χ0n) is 35.5. The highest BCUT2D eigenvalue weighted by Crippen LogP contribution is 2.56. The molecule has 0 spiro atoms. The lowest BCUT2D eigenvalue weighted by Crippen LogP contribution is -2.27. The van der Waals surface area contributed by atoms with E-state index in [0.717, 1.165) is 71.9 Å². The third-order valence-electron chi connectivity index (χ3n) is 11.2. The minimum atomic E-state index is -3.51. The molecule has 0 bridgehead atoms. The molecule has 0 N–H and O–H groups in total. The van der Waals surface area contributed by atoms with Gasteiger partial charge >= 0.3 is 0 Å². The van der Waals surface area contributed by atoms with Gasteiger partial charge in [-0.1, -0.05) is 192 Å². The van der Waals surface area contributed by atoms with Crippen LogP contribution in [-0.2, 0) is 21.7 Å². The molecule has 1 aliphatic carbocycles. The molecule has 1 aliphatic rings. The fraction of sp³-hybridized carbons (Fsp3) is 0.164. The number of allylic oxidation sites excluding steroid dienone is 8. The van der Waals surface area contributed by atoms with Gasteiger partial charge in [0.05, 0.1) is 0 Å². The number of benzene rings is 5. The molecule has 60 heavy (non-hydrogen) atoms. The first-order valence-corrected chi connectivity index (χ1v) is 25.5. The van der Waals surface area contributed by atoms with E-state index in [1.54, 1.807) is 0 Å². The molecule has 6 rings (SSSR count). The third-order valence-corrected chi connectivity index (χ3v) is 19.0. The summed E-state index contributed by atoms with van der Waals surface area (Å²) >= 11 is 0. The van der Waals surface area contributed by atoms with Crippen molar-refractivity contribution in [3.05, 3.63) is 209 Å². The summed E-state index contributed by atoms with van der Waals surface area (Å²) in [5.74, 6) is 0. The number of aryl methyl sites for hydroxylation is 1. The van der Waals surface area contributed by atoms with E-state index in [4.69, 9.17) is 0 Å². The second-order valence-corrected chi connectivity index (χ2v) is 21.9. The van der Waals surface area contributed by atoms with Crippen molar-refractivity contribution >= 4 is 85.1 Å². The van der Waals surface area contributed by atoms with Crippen molar-refractivity contribution in [2.24, 2.45) is 0 Å². The first kappa shape index (κ1) is 44.5. The lowest BCUT2D eigenvalue weighted by atomic mass is 10.0. The van der Waals surface area contributed by atoms with Gasteiger partial charge in [0.1, 0.15) is 7.14 Å². The first-order chi connectivity index (χ1) is 29.2. The molecule has 5 aromatic rings. The number of hydrogen-bond acceptors (Lipinski definition) is 2. The Kier molecular flexibility index (Phi) is 15.2. The minimum absolute atomic E-state index is 0.248. The van der Waals surface area contributed by atoms with Gasteiger partial charge in [-0.3, -0.25) is 0 Å². The Morgan fingerprint density at radius 1 is 0.767 bits per heavy atom. The van der Waals surface area contributed by atoms with E-state index < -0.39 is 14.3 Å². The van der Waals surface area contributed by atoms with Gasteiger partial charge in [0.15, 0.2) is 7.14 Å². The first-order valence-electron chi connectivity index (χ1n) is 20.9. The Hall–Kier alpha value is -5.09. The topological polar surface area (TPSA) is 34.1 Å². The van der Waals surface area contributed by atoms with Crippen LogP contribution < -0.4 is 31.8 Å². The van der Waals surface area contributed by atoms with Gasteiger partial charge in [0.2, 0.25) is 0 Å². The molecule has 2 nitrogen and oxygen atoms in total. The maximum atomic E-state index is 17.0. The standard InChI is InChI=1S/C55H57O2P3/c1-8-14-29-45(11-4)60(57,46-30-19-17-20-31-46)55-37-35-43(49(24-10-3)47(55)12-5)40-59(56,53-34-23-27-42-26-18-16-21-33-50(42)53)54-38-36-52(51(32-15-9-2)48(54)13-6)58-44-28-22-25-41(7)39-44/h8,10-13,15-28,30-32,34-39,58H,1,5-6,9,14,29,33,40H2,2-4,7H3/b24-10-,32-15-,45-11+. The molecule has 0 amide bonds. The summed E-state index contributed by atoms with van der Waals surface area (Å²) in [6, 6.07) is 33.1. The van der Waals surface area contributed by atoms with E-state index in [1.807, 2.05) is 86.7 Å². The van der Waals surface area contributed by atoms with Crippen LogP contribution in [0.3, 0.4) is 0 Å². The van der Waals surface area contributed by atoms with Gasteiger partial charge in [-0.2, -0.15) is 0 Å². The Morgan fingerprint density at radius 3 is 2.22 bits per heavy atom. The fourth-order valence-electron chi connectivity index (χ4n) is 8.32. The number of hydrogen-bond donors (Lipinski definition) is 0. The molecule has 0 radical (unpaired) electrons. The van der Waals surface area contributed by atoms with Crippen LogP contribution in [-0.4, -0.2) is 0 Å². The van der Waals surface area contributed by atoms with E-state index in [1.165, 1.54) is 16.2 Å². The average Bonchev–Trinajstić information content (AvgIpc) is 3.52. The lowest BCUT2D eigenvalue weighted by Gasteiger charge is -2.29. The molecule has 0 saturated carbocycles. The molecule has 0 aromatic heterocycles. The van der Waals surface area contributed by atoms with Crippen molar-refractivity contribution in [3.63, 3.8) is 0 Å². The molecule has 5 aromatic carbocycles. The van der Waals surface area contributed by atoms with Crippen LogP contribution in [0.2, 0.25) is 0 Å². The number of fused-ring (bicyclic) bond motifs is 1. The second kappa shape index (κ2) is 20.4. The Morgan fingerprint density at radius 2 is 1.52 bits per heavy atom. The summed E-state index contributed by atoms with van der Waals surface area (Å²) in [6.07, 6.45) is 27.6. The minimum Gasteiger partial charge on any atom is -0.313 e.